The third-order valence-corrected chi connectivity index (χ3v) is 5.96. The number of amidine groups is 1. The van der Waals surface area contributed by atoms with Gasteiger partial charge in [-0.1, -0.05) is 11.8 Å². The molecule has 4 atom stereocenters. The Hall–Kier alpha value is -1.58. The molecule has 5 nitrogen and oxygen atoms in total. The molecule has 0 aromatic rings. The number of aliphatic imine (C=N–C) groups is 2. The van der Waals surface area contributed by atoms with Crippen molar-refractivity contribution >= 4 is 23.3 Å². The molecule has 2 unspecified atom stereocenters. The number of hydrogen-bond donors (Lipinski definition) is 0. The van der Waals surface area contributed by atoms with E-state index in [2.05, 4.69) is 40.4 Å². The lowest BCUT2D eigenvalue weighted by Gasteiger charge is -2.41. The summed E-state index contributed by atoms with van der Waals surface area (Å²) in [7, 11) is 0. The van der Waals surface area contributed by atoms with E-state index in [1.54, 1.807) is 11.8 Å². The highest BCUT2D eigenvalue weighted by molar-refractivity contribution is 8.04. The van der Waals surface area contributed by atoms with Crippen molar-refractivity contribution in [3.8, 4) is 6.07 Å². The van der Waals surface area contributed by atoms with E-state index in [4.69, 9.17) is 15.0 Å². The topological polar surface area (TPSA) is 61.0 Å². The average Bonchev–Trinajstić information content (AvgIpc) is 3.06. The molecule has 0 bridgehead atoms. The van der Waals surface area contributed by atoms with Crippen LogP contribution in [0, 0.1) is 11.3 Å². The van der Waals surface area contributed by atoms with Crippen LogP contribution in [0.2, 0.25) is 0 Å². The van der Waals surface area contributed by atoms with Crippen molar-refractivity contribution in [2.45, 2.75) is 49.2 Å². The Balaban J connectivity index is 1.55. The van der Waals surface area contributed by atoms with Crippen LogP contribution in [0.4, 0.5) is 0 Å². The van der Waals surface area contributed by atoms with Crippen LogP contribution in [0.25, 0.3) is 0 Å². The second-order valence-electron chi connectivity index (χ2n) is 6.03. The van der Waals surface area contributed by atoms with E-state index in [9.17, 15) is 0 Å². The Morgan fingerprint density at radius 1 is 1.55 bits per heavy atom. The normalized spacial score (nSPS) is 39.1. The Kier molecular flexibility index (Phi) is 3.35. The molecular weight excluding hydrogens is 296 g/mol. The third kappa shape index (κ3) is 1.96. The highest BCUT2D eigenvalue weighted by Gasteiger charge is 2.54. The van der Waals surface area contributed by atoms with Gasteiger partial charge in [0.1, 0.15) is 0 Å². The van der Waals surface area contributed by atoms with Gasteiger partial charge in [0.2, 0.25) is 0 Å². The first kappa shape index (κ1) is 14.0. The van der Waals surface area contributed by atoms with Gasteiger partial charge in [-0.15, -0.1) is 0 Å². The molecule has 1 saturated heterocycles. The smallest absolute Gasteiger partial charge is 0.177 e. The molecule has 0 aromatic heterocycles. The standard InChI is InChI=1S/C16H18N4OS/c1-11-19-16-14(6-9-22-16)18-8-5-15(16)20(11)12-2-3-13(4-7-17)21-10-12/h5-6,8-9,12-13,15H,2-4,10H2,1H3/t12-,13+,15?,16?/m0/s1. The molecule has 0 saturated carbocycles. The molecular formula is C16H18N4OS. The number of nitriles is 1. The Morgan fingerprint density at radius 3 is 3.23 bits per heavy atom. The summed E-state index contributed by atoms with van der Waals surface area (Å²) < 4.78 is 5.88. The Bertz CT molecular complexity index is 639. The predicted molar refractivity (Wildman–Crippen MR) is 87.8 cm³/mol. The zero-order valence-electron chi connectivity index (χ0n) is 12.5. The molecule has 114 valence electrons. The van der Waals surface area contributed by atoms with Crippen molar-refractivity contribution in [1.82, 2.24) is 4.90 Å². The van der Waals surface area contributed by atoms with Crippen LogP contribution in [-0.4, -0.2) is 46.1 Å². The fourth-order valence-corrected chi connectivity index (χ4v) is 4.93. The minimum absolute atomic E-state index is 0.0941. The molecule has 0 N–H and O–H groups in total. The molecule has 1 spiro atoms. The zero-order valence-corrected chi connectivity index (χ0v) is 13.3. The van der Waals surface area contributed by atoms with E-state index in [1.807, 2.05) is 6.20 Å². The summed E-state index contributed by atoms with van der Waals surface area (Å²) in [6, 6.07) is 2.74. The highest BCUT2D eigenvalue weighted by atomic mass is 32.2. The van der Waals surface area contributed by atoms with E-state index in [0.717, 1.165) is 24.4 Å². The SMILES string of the molecule is CC1=NC23SC=CC2=NC=CC3N1[C@H]1CC[C@H](CC#N)OC1. The van der Waals surface area contributed by atoms with Gasteiger partial charge in [0.15, 0.2) is 4.87 Å². The first-order chi connectivity index (χ1) is 10.7. The summed E-state index contributed by atoms with van der Waals surface area (Å²) in [4.78, 5) is 11.6. The summed E-state index contributed by atoms with van der Waals surface area (Å²) in [6.07, 6.45) is 8.70. The van der Waals surface area contributed by atoms with Crippen molar-refractivity contribution in [2.24, 2.45) is 9.98 Å². The van der Waals surface area contributed by atoms with Crippen molar-refractivity contribution < 1.29 is 4.74 Å². The van der Waals surface area contributed by atoms with Gasteiger partial charge in [-0.2, -0.15) is 5.26 Å². The summed E-state index contributed by atoms with van der Waals surface area (Å²) in [5.74, 6) is 1.06. The number of rotatable bonds is 2. The maximum absolute atomic E-state index is 8.80. The largest absolute Gasteiger partial charge is 0.375 e. The van der Waals surface area contributed by atoms with Crippen LogP contribution in [0.15, 0.2) is 33.7 Å². The monoisotopic (exact) mass is 314 g/mol. The third-order valence-electron chi connectivity index (χ3n) is 4.78. The predicted octanol–water partition coefficient (Wildman–Crippen LogP) is 2.48. The van der Waals surface area contributed by atoms with E-state index >= 15 is 0 Å². The van der Waals surface area contributed by atoms with Gasteiger partial charge in [0.25, 0.3) is 0 Å². The maximum atomic E-state index is 8.80. The number of ether oxygens (including phenoxy) is 1. The van der Waals surface area contributed by atoms with Crippen molar-refractivity contribution in [3.63, 3.8) is 0 Å². The number of nitrogens with zero attached hydrogens (tertiary/aromatic N) is 4. The van der Waals surface area contributed by atoms with E-state index < -0.39 is 0 Å². The molecule has 4 heterocycles. The molecule has 0 aromatic carbocycles. The summed E-state index contributed by atoms with van der Waals surface area (Å²) in [5.41, 5.74) is 1.05. The second-order valence-corrected chi connectivity index (χ2v) is 7.16. The lowest BCUT2D eigenvalue weighted by molar-refractivity contribution is -0.0220. The van der Waals surface area contributed by atoms with Gasteiger partial charge in [-0.05, 0) is 37.3 Å². The van der Waals surface area contributed by atoms with Crippen LogP contribution < -0.4 is 0 Å². The molecule has 6 heteroatoms. The summed E-state index contributed by atoms with van der Waals surface area (Å²) >= 11 is 1.75. The first-order valence-corrected chi connectivity index (χ1v) is 8.55. The van der Waals surface area contributed by atoms with E-state index in [1.165, 1.54) is 0 Å². The van der Waals surface area contributed by atoms with E-state index in [-0.39, 0.29) is 17.0 Å². The lowest BCUT2D eigenvalue weighted by Crippen LogP contribution is -2.54. The summed E-state index contributed by atoms with van der Waals surface area (Å²) in [6.45, 7) is 2.75. The molecule has 4 rings (SSSR count). The fourth-order valence-electron chi connectivity index (χ4n) is 3.77. The van der Waals surface area contributed by atoms with E-state index in [0.29, 0.717) is 19.1 Å². The van der Waals surface area contributed by atoms with Gasteiger partial charge >= 0.3 is 0 Å². The molecule has 0 radical (unpaired) electrons. The average molecular weight is 314 g/mol. The second kappa shape index (κ2) is 5.25. The van der Waals surface area contributed by atoms with Crippen LogP contribution in [-0.2, 0) is 4.74 Å². The quantitative estimate of drug-likeness (QED) is 0.785. The van der Waals surface area contributed by atoms with Gasteiger partial charge in [-0.25, -0.2) is 4.99 Å². The maximum Gasteiger partial charge on any atom is 0.177 e. The highest BCUT2D eigenvalue weighted by Crippen LogP contribution is 2.47. The van der Waals surface area contributed by atoms with Crippen molar-refractivity contribution in [3.05, 3.63) is 23.8 Å². The number of thioether (sulfide) groups is 1. The first-order valence-electron chi connectivity index (χ1n) is 7.67. The van der Waals surface area contributed by atoms with Gasteiger partial charge in [-0.3, -0.25) is 4.99 Å². The zero-order chi connectivity index (χ0) is 15.2. The molecule has 0 amide bonds. The molecule has 4 aliphatic rings. The van der Waals surface area contributed by atoms with Crippen LogP contribution >= 0.6 is 11.8 Å². The van der Waals surface area contributed by atoms with Crippen LogP contribution in [0.5, 0.6) is 0 Å². The van der Waals surface area contributed by atoms with Gasteiger partial charge in [0.05, 0.1) is 48.8 Å². The molecule has 4 aliphatic heterocycles. The van der Waals surface area contributed by atoms with Gasteiger partial charge < -0.3 is 9.64 Å². The lowest BCUT2D eigenvalue weighted by atomic mass is 9.96. The van der Waals surface area contributed by atoms with Crippen LogP contribution in [0.3, 0.4) is 0 Å². The molecule has 0 aliphatic carbocycles. The Labute approximate surface area is 134 Å². The minimum Gasteiger partial charge on any atom is -0.375 e. The van der Waals surface area contributed by atoms with Crippen LogP contribution in [0.1, 0.15) is 26.2 Å². The van der Waals surface area contributed by atoms with Crippen molar-refractivity contribution in [2.75, 3.05) is 6.61 Å². The summed E-state index contributed by atoms with van der Waals surface area (Å²) in [5, 5.41) is 10.9. The number of hydrogen-bond acceptors (Lipinski definition) is 6. The van der Waals surface area contributed by atoms with Crippen molar-refractivity contribution in [1.29, 1.82) is 5.26 Å². The Morgan fingerprint density at radius 2 is 2.45 bits per heavy atom. The molecule has 1 fully saturated rings. The molecule has 22 heavy (non-hydrogen) atoms. The fraction of sp³-hybridized carbons (Fsp3) is 0.562. The minimum atomic E-state index is -0.289. The van der Waals surface area contributed by atoms with Gasteiger partial charge in [0, 0.05) is 6.20 Å².